The van der Waals surface area contributed by atoms with Crippen LogP contribution in [-0.4, -0.2) is 24.0 Å². The SMILES string of the molecule is CC(Oc1ccc(Cl)cc1)C(=O)Nc1ccc(C(=O)NC2CCCCC2)cc1. The molecule has 3 rings (SSSR count). The summed E-state index contributed by atoms with van der Waals surface area (Å²) in [6.07, 6.45) is 5.02. The Hall–Kier alpha value is -2.53. The Kier molecular flexibility index (Phi) is 6.93. The van der Waals surface area contributed by atoms with Crippen molar-refractivity contribution in [2.75, 3.05) is 5.32 Å². The number of carbonyl (C=O) groups is 2. The zero-order valence-corrected chi connectivity index (χ0v) is 16.7. The van der Waals surface area contributed by atoms with Crippen molar-refractivity contribution in [2.24, 2.45) is 0 Å². The molecule has 2 aromatic carbocycles. The highest BCUT2D eigenvalue weighted by molar-refractivity contribution is 6.30. The maximum absolute atomic E-state index is 12.4. The largest absolute Gasteiger partial charge is 0.481 e. The molecule has 2 N–H and O–H groups in total. The fourth-order valence-electron chi connectivity index (χ4n) is 3.24. The maximum Gasteiger partial charge on any atom is 0.265 e. The van der Waals surface area contributed by atoms with E-state index in [9.17, 15) is 9.59 Å². The van der Waals surface area contributed by atoms with Crippen molar-refractivity contribution < 1.29 is 14.3 Å². The molecule has 0 saturated heterocycles. The molecule has 148 valence electrons. The quantitative estimate of drug-likeness (QED) is 0.731. The number of ether oxygens (including phenoxy) is 1. The second-order valence-corrected chi connectivity index (χ2v) is 7.53. The first-order valence-corrected chi connectivity index (χ1v) is 10.0. The van der Waals surface area contributed by atoms with Crippen LogP contribution in [0.4, 0.5) is 5.69 Å². The molecule has 28 heavy (non-hydrogen) atoms. The summed E-state index contributed by atoms with van der Waals surface area (Å²) in [6.45, 7) is 1.68. The van der Waals surface area contributed by atoms with Gasteiger partial charge in [-0.25, -0.2) is 0 Å². The summed E-state index contributed by atoms with van der Waals surface area (Å²) in [5, 5.41) is 6.50. The Morgan fingerprint density at radius 2 is 1.64 bits per heavy atom. The number of halogens is 1. The van der Waals surface area contributed by atoms with Gasteiger partial charge in [0.25, 0.3) is 11.8 Å². The average molecular weight is 401 g/mol. The summed E-state index contributed by atoms with van der Waals surface area (Å²) in [4.78, 5) is 24.7. The van der Waals surface area contributed by atoms with Crippen LogP contribution in [0.3, 0.4) is 0 Å². The Labute approximate surface area is 170 Å². The first-order valence-electron chi connectivity index (χ1n) is 9.65. The molecular weight excluding hydrogens is 376 g/mol. The van der Waals surface area contributed by atoms with E-state index in [0.29, 0.717) is 22.0 Å². The molecule has 2 aromatic rings. The molecule has 5 nitrogen and oxygen atoms in total. The summed E-state index contributed by atoms with van der Waals surface area (Å²) < 4.78 is 5.62. The van der Waals surface area contributed by atoms with E-state index in [0.717, 1.165) is 12.8 Å². The third-order valence-corrected chi connectivity index (χ3v) is 5.10. The van der Waals surface area contributed by atoms with Crippen LogP contribution in [-0.2, 0) is 4.79 Å². The van der Waals surface area contributed by atoms with Crippen molar-refractivity contribution in [1.29, 1.82) is 0 Å². The molecule has 1 aliphatic rings. The monoisotopic (exact) mass is 400 g/mol. The van der Waals surface area contributed by atoms with Gasteiger partial charge in [0.05, 0.1) is 0 Å². The van der Waals surface area contributed by atoms with E-state index in [-0.39, 0.29) is 17.9 Å². The summed E-state index contributed by atoms with van der Waals surface area (Å²) in [6, 6.07) is 14.0. The Balaban J connectivity index is 1.51. The molecule has 0 bridgehead atoms. The minimum absolute atomic E-state index is 0.0655. The predicted molar refractivity (Wildman–Crippen MR) is 111 cm³/mol. The summed E-state index contributed by atoms with van der Waals surface area (Å²) >= 11 is 5.84. The van der Waals surface area contributed by atoms with Gasteiger partial charge in [-0.15, -0.1) is 0 Å². The smallest absolute Gasteiger partial charge is 0.265 e. The molecule has 0 spiro atoms. The minimum atomic E-state index is -0.671. The zero-order chi connectivity index (χ0) is 19.9. The molecule has 1 fully saturated rings. The van der Waals surface area contributed by atoms with E-state index in [1.54, 1.807) is 55.5 Å². The van der Waals surface area contributed by atoms with Crippen molar-refractivity contribution in [2.45, 2.75) is 51.2 Å². The molecule has 1 aliphatic carbocycles. The van der Waals surface area contributed by atoms with Gasteiger partial charge in [-0.05, 0) is 68.3 Å². The highest BCUT2D eigenvalue weighted by Crippen LogP contribution is 2.19. The van der Waals surface area contributed by atoms with Crippen molar-refractivity contribution in [3.8, 4) is 5.75 Å². The highest BCUT2D eigenvalue weighted by atomic mass is 35.5. The number of anilines is 1. The van der Waals surface area contributed by atoms with Gasteiger partial charge in [0.1, 0.15) is 5.75 Å². The van der Waals surface area contributed by atoms with Crippen LogP contribution < -0.4 is 15.4 Å². The van der Waals surface area contributed by atoms with Crippen LogP contribution >= 0.6 is 11.6 Å². The van der Waals surface area contributed by atoms with E-state index < -0.39 is 6.10 Å². The fraction of sp³-hybridized carbons (Fsp3) is 0.364. The fourth-order valence-corrected chi connectivity index (χ4v) is 3.36. The van der Waals surface area contributed by atoms with Gasteiger partial charge in [-0.2, -0.15) is 0 Å². The van der Waals surface area contributed by atoms with Crippen LogP contribution in [0.15, 0.2) is 48.5 Å². The van der Waals surface area contributed by atoms with E-state index in [1.165, 1.54) is 19.3 Å². The lowest BCUT2D eigenvalue weighted by molar-refractivity contribution is -0.122. The second kappa shape index (κ2) is 9.60. The lowest BCUT2D eigenvalue weighted by Crippen LogP contribution is -2.36. The van der Waals surface area contributed by atoms with Crippen molar-refractivity contribution in [3.63, 3.8) is 0 Å². The highest BCUT2D eigenvalue weighted by Gasteiger charge is 2.17. The van der Waals surface area contributed by atoms with Crippen molar-refractivity contribution in [3.05, 3.63) is 59.1 Å². The molecule has 0 radical (unpaired) electrons. The maximum atomic E-state index is 12.4. The van der Waals surface area contributed by atoms with Gasteiger partial charge in [-0.1, -0.05) is 30.9 Å². The van der Waals surface area contributed by atoms with Gasteiger partial charge >= 0.3 is 0 Å². The van der Waals surface area contributed by atoms with Gasteiger partial charge in [0.15, 0.2) is 6.10 Å². The number of nitrogens with one attached hydrogen (secondary N) is 2. The number of benzene rings is 2. The number of rotatable bonds is 6. The van der Waals surface area contributed by atoms with Crippen LogP contribution in [0, 0.1) is 0 Å². The summed E-state index contributed by atoms with van der Waals surface area (Å²) in [5.74, 6) is 0.236. The van der Waals surface area contributed by atoms with Crippen molar-refractivity contribution >= 4 is 29.1 Å². The first-order chi connectivity index (χ1) is 13.5. The first kappa shape index (κ1) is 20.2. The zero-order valence-electron chi connectivity index (χ0n) is 15.9. The minimum Gasteiger partial charge on any atom is -0.481 e. The molecule has 0 aromatic heterocycles. The van der Waals surface area contributed by atoms with Gasteiger partial charge < -0.3 is 15.4 Å². The third kappa shape index (κ3) is 5.73. The van der Waals surface area contributed by atoms with Crippen molar-refractivity contribution in [1.82, 2.24) is 5.32 Å². The standard InChI is InChI=1S/C22H25ClN2O3/c1-15(28-20-13-9-17(23)10-14-20)21(26)24-19-11-7-16(8-12-19)22(27)25-18-5-3-2-4-6-18/h7-15,18H,2-6H2,1H3,(H,24,26)(H,25,27). The molecule has 1 unspecified atom stereocenters. The third-order valence-electron chi connectivity index (χ3n) is 4.85. The van der Waals surface area contributed by atoms with Crippen LogP contribution in [0.25, 0.3) is 0 Å². The molecule has 1 atom stereocenters. The summed E-state index contributed by atoms with van der Waals surface area (Å²) in [5.41, 5.74) is 1.21. The average Bonchev–Trinajstić information content (AvgIpc) is 2.71. The topological polar surface area (TPSA) is 67.4 Å². The summed E-state index contributed by atoms with van der Waals surface area (Å²) in [7, 11) is 0. The van der Waals surface area contributed by atoms with E-state index in [4.69, 9.17) is 16.3 Å². The number of hydrogen-bond donors (Lipinski definition) is 2. The molecule has 0 heterocycles. The van der Waals surface area contributed by atoms with Crippen LogP contribution in [0.5, 0.6) is 5.75 Å². The van der Waals surface area contributed by atoms with Gasteiger partial charge in [0.2, 0.25) is 0 Å². The Morgan fingerprint density at radius 1 is 1.00 bits per heavy atom. The van der Waals surface area contributed by atoms with E-state index in [2.05, 4.69) is 10.6 Å². The molecular formula is C22H25ClN2O3. The molecule has 0 aliphatic heterocycles. The molecule has 2 amide bonds. The molecule has 1 saturated carbocycles. The van der Waals surface area contributed by atoms with E-state index >= 15 is 0 Å². The Bertz CT molecular complexity index is 800. The van der Waals surface area contributed by atoms with Crippen LogP contribution in [0.1, 0.15) is 49.4 Å². The predicted octanol–water partition coefficient (Wildman–Crippen LogP) is 4.81. The second-order valence-electron chi connectivity index (χ2n) is 7.09. The lowest BCUT2D eigenvalue weighted by Gasteiger charge is -2.22. The van der Waals surface area contributed by atoms with Crippen LogP contribution in [0.2, 0.25) is 5.02 Å². The van der Waals surface area contributed by atoms with E-state index in [1.807, 2.05) is 0 Å². The van der Waals surface area contributed by atoms with Gasteiger partial charge in [0, 0.05) is 22.3 Å². The molecule has 6 heteroatoms. The Morgan fingerprint density at radius 3 is 2.29 bits per heavy atom. The number of amides is 2. The number of carbonyl (C=O) groups excluding carboxylic acids is 2. The normalized spacial score (nSPS) is 15.5. The lowest BCUT2D eigenvalue weighted by atomic mass is 9.95. The van der Waals surface area contributed by atoms with Gasteiger partial charge in [-0.3, -0.25) is 9.59 Å². The number of hydrogen-bond acceptors (Lipinski definition) is 3.